The zero-order valence-electron chi connectivity index (χ0n) is 16.2. The molecular formula is C25H13F6N. The number of hydrogen-bond donors (Lipinski definition) is 1. The molecule has 1 heterocycles. The van der Waals surface area contributed by atoms with E-state index >= 15 is 0 Å². The number of hydrogen-bond acceptors (Lipinski definition) is 0. The number of alkyl halides is 6. The highest BCUT2D eigenvalue weighted by Crippen LogP contribution is 2.36. The number of para-hydroxylation sites is 2. The molecule has 1 aromatic heterocycles. The number of rotatable bonds is 1. The van der Waals surface area contributed by atoms with E-state index in [0.717, 1.165) is 27.4 Å². The summed E-state index contributed by atoms with van der Waals surface area (Å²) in [5.41, 5.74) is -0.410. The van der Waals surface area contributed by atoms with Crippen molar-refractivity contribution in [3.63, 3.8) is 0 Å². The van der Waals surface area contributed by atoms with Crippen LogP contribution in [0.3, 0.4) is 0 Å². The number of aromatic amines is 1. The van der Waals surface area contributed by atoms with Crippen LogP contribution in [0.4, 0.5) is 26.3 Å². The maximum absolute atomic E-state index is 12.9. The second kappa shape index (κ2) is 8.01. The van der Waals surface area contributed by atoms with Crippen molar-refractivity contribution in [3.8, 4) is 23.7 Å². The van der Waals surface area contributed by atoms with E-state index in [4.69, 9.17) is 0 Å². The van der Waals surface area contributed by atoms with Gasteiger partial charge in [0.1, 0.15) is 0 Å². The fourth-order valence-corrected chi connectivity index (χ4v) is 3.40. The van der Waals surface area contributed by atoms with Gasteiger partial charge in [0.15, 0.2) is 0 Å². The third kappa shape index (κ3) is 4.43. The fourth-order valence-electron chi connectivity index (χ4n) is 3.40. The Morgan fingerprint density at radius 1 is 0.719 bits per heavy atom. The molecule has 0 saturated carbocycles. The Balaban J connectivity index is 1.61. The summed E-state index contributed by atoms with van der Waals surface area (Å²) in [4.78, 5) is 3.34. The number of nitrogens with one attached hydrogen (secondary N) is 1. The Morgan fingerprint density at radius 2 is 1.38 bits per heavy atom. The summed E-state index contributed by atoms with van der Waals surface area (Å²) in [7, 11) is 0. The first-order valence-corrected chi connectivity index (χ1v) is 9.39. The van der Waals surface area contributed by atoms with Gasteiger partial charge in [-0.1, -0.05) is 48.2 Å². The highest BCUT2D eigenvalue weighted by Gasteiger charge is 2.36. The summed E-state index contributed by atoms with van der Waals surface area (Å²) < 4.78 is 77.5. The summed E-state index contributed by atoms with van der Waals surface area (Å²) in [5.74, 6) is 9.95. The van der Waals surface area contributed by atoms with Gasteiger partial charge in [-0.3, -0.25) is 0 Å². The number of aromatic nitrogens is 1. The Labute approximate surface area is 179 Å². The predicted octanol–water partition coefficient (Wildman–Crippen LogP) is 6.96. The van der Waals surface area contributed by atoms with Gasteiger partial charge in [0, 0.05) is 28.3 Å². The molecule has 0 atom stereocenters. The molecule has 0 bridgehead atoms. The second-order valence-electron chi connectivity index (χ2n) is 7.03. The minimum atomic E-state index is -4.92. The van der Waals surface area contributed by atoms with E-state index in [1.807, 2.05) is 42.5 Å². The maximum Gasteiger partial charge on any atom is 0.416 e. The first kappa shape index (κ1) is 21.4. The highest BCUT2D eigenvalue weighted by atomic mass is 19.4. The monoisotopic (exact) mass is 441 g/mol. The third-order valence-corrected chi connectivity index (χ3v) is 4.85. The lowest BCUT2D eigenvalue weighted by molar-refractivity contribution is -0.143. The molecule has 0 saturated heterocycles. The summed E-state index contributed by atoms with van der Waals surface area (Å²) in [6.45, 7) is 0. The fraction of sp³-hybridized carbons (Fsp3) is 0.120. The Bertz CT molecular complexity index is 1400. The van der Waals surface area contributed by atoms with Gasteiger partial charge in [-0.15, -0.1) is 0 Å². The van der Waals surface area contributed by atoms with E-state index in [1.54, 1.807) is 0 Å². The smallest absolute Gasteiger partial charge is 0.354 e. The van der Waals surface area contributed by atoms with E-state index in [1.165, 1.54) is 0 Å². The van der Waals surface area contributed by atoms with Crippen LogP contribution in [0.15, 0.2) is 60.7 Å². The molecule has 0 aliphatic carbocycles. The van der Waals surface area contributed by atoms with Crippen LogP contribution in [-0.2, 0) is 18.8 Å². The Kier molecular flexibility index (Phi) is 5.36. The van der Waals surface area contributed by atoms with Crippen molar-refractivity contribution in [1.82, 2.24) is 4.98 Å². The average Bonchev–Trinajstić information content (AvgIpc) is 3.12. The average molecular weight is 441 g/mol. The zero-order chi connectivity index (χ0) is 22.9. The van der Waals surface area contributed by atoms with Crippen molar-refractivity contribution in [2.45, 2.75) is 18.8 Å². The van der Waals surface area contributed by atoms with Crippen molar-refractivity contribution >= 4 is 21.8 Å². The predicted molar refractivity (Wildman–Crippen MR) is 111 cm³/mol. The van der Waals surface area contributed by atoms with Crippen LogP contribution in [0.1, 0.15) is 22.3 Å². The van der Waals surface area contributed by atoms with Gasteiger partial charge in [0.05, 0.1) is 16.6 Å². The maximum atomic E-state index is 12.9. The lowest BCUT2D eigenvalue weighted by atomic mass is 10.0. The van der Waals surface area contributed by atoms with Gasteiger partial charge in [-0.05, 0) is 41.7 Å². The molecule has 32 heavy (non-hydrogen) atoms. The molecule has 1 nitrogen and oxygen atoms in total. The lowest BCUT2D eigenvalue weighted by Gasteiger charge is -2.12. The van der Waals surface area contributed by atoms with Gasteiger partial charge in [0.2, 0.25) is 0 Å². The second-order valence-corrected chi connectivity index (χ2v) is 7.03. The van der Waals surface area contributed by atoms with Gasteiger partial charge in [-0.2, -0.15) is 26.3 Å². The number of benzene rings is 3. The van der Waals surface area contributed by atoms with Crippen LogP contribution >= 0.6 is 0 Å². The van der Waals surface area contributed by atoms with Crippen LogP contribution in [0, 0.1) is 23.7 Å². The minimum Gasteiger partial charge on any atom is -0.354 e. The highest BCUT2D eigenvalue weighted by molar-refractivity contribution is 6.08. The van der Waals surface area contributed by atoms with Crippen molar-refractivity contribution in [2.75, 3.05) is 0 Å². The molecule has 0 fully saturated rings. The van der Waals surface area contributed by atoms with Crippen LogP contribution in [-0.4, -0.2) is 4.98 Å². The summed E-state index contributed by atoms with van der Waals surface area (Å²) in [6.07, 6.45) is -9.52. The molecule has 1 N–H and O–H groups in total. The summed E-state index contributed by atoms with van der Waals surface area (Å²) >= 11 is 0. The standard InChI is InChI=1S/C25H13F6N/c26-24(27,28)18-13-16(14-19(15-18)25(29,30)31)7-2-1-3-8-17-9-6-11-21-20-10-4-5-12-22(20)32-23(17)21/h4-6,9-15,32H,8H2. The molecular weight excluding hydrogens is 428 g/mol. The molecule has 0 amide bonds. The van der Waals surface area contributed by atoms with E-state index in [2.05, 4.69) is 28.7 Å². The minimum absolute atomic E-state index is 0.0673. The SMILES string of the molecule is FC(F)(F)c1cc(C#CC#CCc2cccc3c2[nH]c2ccccc23)cc(C(F)(F)F)c1. The largest absolute Gasteiger partial charge is 0.416 e. The summed E-state index contributed by atoms with van der Waals surface area (Å²) in [6, 6.07) is 14.8. The van der Waals surface area contributed by atoms with E-state index < -0.39 is 29.0 Å². The molecule has 4 aromatic rings. The number of halogens is 6. The van der Waals surface area contributed by atoms with E-state index in [-0.39, 0.29) is 6.07 Å². The lowest BCUT2D eigenvalue weighted by Crippen LogP contribution is -2.11. The molecule has 0 aliphatic rings. The zero-order valence-corrected chi connectivity index (χ0v) is 16.2. The molecule has 3 aromatic carbocycles. The molecule has 0 unspecified atom stereocenters. The molecule has 0 radical (unpaired) electrons. The first-order valence-electron chi connectivity index (χ1n) is 9.39. The van der Waals surface area contributed by atoms with Gasteiger partial charge >= 0.3 is 12.4 Å². The van der Waals surface area contributed by atoms with E-state index in [9.17, 15) is 26.3 Å². The Morgan fingerprint density at radius 3 is 2.06 bits per heavy atom. The van der Waals surface area contributed by atoms with Crippen molar-refractivity contribution in [2.24, 2.45) is 0 Å². The van der Waals surface area contributed by atoms with Crippen LogP contribution in [0.5, 0.6) is 0 Å². The van der Waals surface area contributed by atoms with Gasteiger partial charge in [0.25, 0.3) is 0 Å². The number of H-pyrrole nitrogens is 1. The normalized spacial score (nSPS) is 11.7. The molecule has 4 rings (SSSR count). The molecule has 0 spiro atoms. The quantitative estimate of drug-likeness (QED) is 0.243. The van der Waals surface area contributed by atoms with Crippen molar-refractivity contribution in [1.29, 1.82) is 0 Å². The molecule has 0 aliphatic heterocycles. The van der Waals surface area contributed by atoms with Gasteiger partial charge < -0.3 is 4.98 Å². The third-order valence-electron chi connectivity index (χ3n) is 4.85. The van der Waals surface area contributed by atoms with E-state index in [0.29, 0.717) is 18.6 Å². The number of fused-ring (bicyclic) bond motifs is 3. The topological polar surface area (TPSA) is 15.8 Å². The Hall–Kier alpha value is -3.84. The molecule has 7 heteroatoms. The van der Waals surface area contributed by atoms with Crippen LogP contribution in [0.25, 0.3) is 21.8 Å². The molecule has 160 valence electrons. The van der Waals surface area contributed by atoms with Crippen molar-refractivity contribution in [3.05, 3.63) is 82.9 Å². The summed E-state index contributed by atoms with van der Waals surface area (Å²) in [5, 5.41) is 2.11. The van der Waals surface area contributed by atoms with Crippen molar-refractivity contribution < 1.29 is 26.3 Å². The van der Waals surface area contributed by atoms with Gasteiger partial charge in [-0.25, -0.2) is 0 Å². The van der Waals surface area contributed by atoms with Crippen LogP contribution in [0.2, 0.25) is 0 Å². The van der Waals surface area contributed by atoms with Crippen LogP contribution < -0.4 is 0 Å². The first-order chi connectivity index (χ1) is 15.1.